The van der Waals surface area contributed by atoms with E-state index in [1.54, 1.807) is 11.1 Å². The van der Waals surface area contributed by atoms with Crippen molar-refractivity contribution in [1.29, 1.82) is 0 Å². The first kappa shape index (κ1) is 16.9. The zero-order valence-electron chi connectivity index (χ0n) is 12.9. The lowest BCUT2D eigenvalue weighted by molar-refractivity contribution is -0.119. The number of carbonyl (C=O) groups is 2. The third-order valence-corrected chi connectivity index (χ3v) is 4.56. The van der Waals surface area contributed by atoms with Crippen molar-refractivity contribution in [1.82, 2.24) is 14.8 Å². The van der Waals surface area contributed by atoms with E-state index >= 15 is 0 Å². The molecule has 1 aliphatic rings. The number of likely N-dealkylation sites (N-methyl/N-ethyl adjacent to an activating group) is 1. The molecule has 8 heteroatoms. The van der Waals surface area contributed by atoms with Gasteiger partial charge in [0.15, 0.2) is 0 Å². The number of nitrogens with two attached hydrogens (primary N) is 1. The number of carbonyl (C=O) groups excluding carboxylic acids is 2. The molecule has 1 aromatic heterocycles. The molecule has 122 valence electrons. The van der Waals surface area contributed by atoms with Crippen LogP contribution in [0.1, 0.15) is 21.6 Å². The molecule has 2 heterocycles. The lowest BCUT2D eigenvalue weighted by Crippen LogP contribution is -2.49. The van der Waals surface area contributed by atoms with E-state index in [9.17, 15) is 9.59 Å². The Bertz CT molecular complexity index is 534. The molecule has 0 bridgehead atoms. The van der Waals surface area contributed by atoms with Crippen LogP contribution in [0.5, 0.6) is 0 Å². The first-order valence-corrected chi connectivity index (χ1v) is 8.13. The lowest BCUT2D eigenvalue weighted by Gasteiger charge is -2.34. The van der Waals surface area contributed by atoms with E-state index in [2.05, 4.69) is 4.98 Å². The largest absolute Gasteiger partial charge is 0.373 e. The fourth-order valence-corrected chi connectivity index (χ4v) is 3.25. The molecule has 2 rings (SSSR count). The molecule has 0 spiro atoms. The van der Waals surface area contributed by atoms with Gasteiger partial charge < -0.3 is 15.4 Å². The van der Waals surface area contributed by atoms with Gasteiger partial charge in [0.1, 0.15) is 4.88 Å². The average Bonchev–Trinajstić information content (AvgIpc) is 2.94. The van der Waals surface area contributed by atoms with Gasteiger partial charge in [-0.3, -0.25) is 14.5 Å². The predicted molar refractivity (Wildman–Crippen MR) is 83.8 cm³/mol. The zero-order chi connectivity index (χ0) is 16.1. The Kier molecular flexibility index (Phi) is 5.87. The number of thiazole rings is 1. The number of morpholine rings is 1. The topological polar surface area (TPSA) is 88.8 Å². The third kappa shape index (κ3) is 4.49. The maximum Gasteiger partial charge on any atom is 0.265 e. The van der Waals surface area contributed by atoms with E-state index in [0.29, 0.717) is 31.1 Å². The van der Waals surface area contributed by atoms with Crippen LogP contribution in [0.15, 0.2) is 6.20 Å². The van der Waals surface area contributed by atoms with Crippen molar-refractivity contribution in [3.8, 4) is 0 Å². The van der Waals surface area contributed by atoms with Crippen LogP contribution in [-0.4, -0.2) is 72.5 Å². The van der Waals surface area contributed by atoms with E-state index < -0.39 is 0 Å². The molecule has 2 amide bonds. The molecule has 0 aromatic carbocycles. The number of hydrogen-bond donors (Lipinski definition) is 1. The second-order valence-corrected chi connectivity index (χ2v) is 6.49. The molecule has 1 saturated heterocycles. The quantitative estimate of drug-likeness (QED) is 0.792. The molecule has 1 aliphatic heterocycles. The second-order valence-electron chi connectivity index (χ2n) is 5.38. The van der Waals surface area contributed by atoms with Gasteiger partial charge in [0, 0.05) is 19.6 Å². The summed E-state index contributed by atoms with van der Waals surface area (Å²) in [5, 5.41) is 0.967. The molecule has 0 radical (unpaired) electrons. The molecule has 1 aromatic rings. The van der Waals surface area contributed by atoms with Crippen LogP contribution in [0.3, 0.4) is 0 Å². The zero-order valence-corrected chi connectivity index (χ0v) is 13.8. The highest BCUT2D eigenvalue weighted by atomic mass is 32.1. The van der Waals surface area contributed by atoms with Crippen molar-refractivity contribution < 1.29 is 14.3 Å². The van der Waals surface area contributed by atoms with Crippen molar-refractivity contribution in [2.45, 2.75) is 19.4 Å². The first-order valence-electron chi connectivity index (χ1n) is 7.32. The Balaban J connectivity index is 1.92. The van der Waals surface area contributed by atoms with Crippen LogP contribution in [0.4, 0.5) is 0 Å². The van der Waals surface area contributed by atoms with Crippen molar-refractivity contribution in [3.63, 3.8) is 0 Å². The number of nitrogens with zero attached hydrogens (tertiary/aromatic N) is 3. The van der Waals surface area contributed by atoms with Gasteiger partial charge in [-0.15, -0.1) is 11.3 Å². The fourth-order valence-electron chi connectivity index (χ4n) is 2.42. The van der Waals surface area contributed by atoms with Gasteiger partial charge in [-0.2, -0.15) is 0 Å². The Morgan fingerprint density at radius 2 is 2.36 bits per heavy atom. The van der Waals surface area contributed by atoms with E-state index in [1.807, 2.05) is 18.9 Å². The van der Waals surface area contributed by atoms with Gasteiger partial charge >= 0.3 is 0 Å². The number of aryl methyl sites for hydroxylation is 1. The molecule has 2 N–H and O–H groups in total. The SMILES string of the molecule is CCc1ncc(C(=O)N2CCO[C@H](CN(C)CC(N)=O)C2)s1. The van der Waals surface area contributed by atoms with E-state index in [-0.39, 0.29) is 24.5 Å². The number of primary amides is 1. The van der Waals surface area contributed by atoms with Crippen molar-refractivity contribution in [3.05, 3.63) is 16.1 Å². The molecular weight excluding hydrogens is 304 g/mol. The normalized spacial score (nSPS) is 18.7. The number of aromatic nitrogens is 1. The number of hydrogen-bond acceptors (Lipinski definition) is 6. The van der Waals surface area contributed by atoms with Crippen LogP contribution in [0, 0.1) is 0 Å². The fraction of sp³-hybridized carbons (Fsp3) is 0.643. The van der Waals surface area contributed by atoms with Crippen LogP contribution in [0.25, 0.3) is 0 Å². The summed E-state index contributed by atoms with van der Waals surface area (Å²) in [5.74, 6) is -0.369. The highest BCUT2D eigenvalue weighted by molar-refractivity contribution is 7.13. The lowest BCUT2D eigenvalue weighted by atomic mass is 10.2. The predicted octanol–water partition coefficient (Wildman–Crippen LogP) is -0.0364. The summed E-state index contributed by atoms with van der Waals surface area (Å²) in [7, 11) is 1.81. The summed E-state index contributed by atoms with van der Waals surface area (Å²) in [6, 6.07) is 0. The van der Waals surface area contributed by atoms with E-state index in [1.165, 1.54) is 11.3 Å². The maximum absolute atomic E-state index is 12.5. The van der Waals surface area contributed by atoms with Crippen molar-refractivity contribution >= 4 is 23.2 Å². The van der Waals surface area contributed by atoms with Gasteiger partial charge in [0.2, 0.25) is 5.91 Å². The van der Waals surface area contributed by atoms with Gasteiger partial charge in [0.05, 0.1) is 30.5 Å². The molecule has 0 unspecified atom stereocenters. The summed E-state index contributed by atoms with van der Waals surface area (Å²) >= 11 is 1.44. The van der Waals surface area contributed by atoms with E-state index in [4.69, 9.17) is 10.5 Å². The molecule has 0 aliphatic carbocycles. The minimum Gasteiger partial charge on any atom is -0.373 e. The highest BCUT2D eigenvalue weighted by Crippen LogP contribution is 2.17. The molecule has 22 heavy (non-hydrogen) atoms. The van der Waals surface area contributed by atoms with Gasteiger partial charge in [-0.05, 0) is 13.5 Å². The minimum absolute atomic E-state index is 0.00283. The summed E-state index contributed by atoms with van der Waals surface area (Å²) in [6.07, 6.45) is 2.37. The van der Waals surface area contributed by atoms with Gasteiger partial charge in [0.25, 0.3) is 5.91 Å². The standard InChI is InChI=1S/C14H22N4O3S/c1-3-13-16-6-11(22-13)14(20)18-4-5-21-10(8-18)7-17(2)9-12(15)19/h6,10H,3-5,7-9H2,1-2H3,(H2,15,19)/t10-/m1/s1. The monoisotopic (exact) mass is 326 g/mol. The summed E-state index contributed by atoms with van der Waals surface area (Å²) in [6.45, 7) is 4.36. The summed E-state index contributed by atoms with van der Waals surface area (Å²) in [5.41, 5.74) is 5.17. The Hall–Kier alpha value is -1.51. The van der Waals surface area contributed by atoms with Crippen LogP contribution < -0.4 is 5.73 Å². The smallest absolute Gasteiger partial charge is 0.265 e. The third-order valence-electron chi connectivity index (χ3n) is 3.43. The second kappa shape index (κ2) is 7.66. The molecule has 1 fully saturated rings. The number of amides is 2. The Morgan fingerprint density at radius 1 is 1.59 bits per heavy atom. The first-order chi connectivity index (χ1) is 10.5. The molecular formula is C14H22N4O3S. The summed E-state index contributed by atoms with van der Waals surface area (Å²) < 4.78 is 5.67. The Morgan fingerprint density at radius 3 is 3.00 bits per heavy atom. The van der Waals surface area contributed by atoms with Crippen molar-refractivity contribution in [2.75, 3.05) is 39.8 Å². The number of ether oxygens (including phenoxy) is 1. The van der Waals surface area contributed by atoms with Crippen LogP contribution in [-0.2, 0) is 16.0 Å². The number of rotatable bonds is 6. The van der Waals surface area contributed by atoms with E-state index in [0.717, 1.165) is 11.4 Å². The van der Waals surface area contributed by atoms with Gasteiger partial charge in [-0.1, -0.05) is 6.92 Å². The van der Waals surface area contributed by atoms with Crippen LogP contribution in [0.2, 0.25) is 0 Å². The average molecular weight is 326 g/mol. The molecule has 1 atom stereocenters. The maximum atomic E-state index is 12.5. The van der Waals surface area contributed by atoms with Gasteiger partial charge in [-0.25, -0.2) is 4.98 Å². The van der Waals surface area contributed by atoms with Crippen molar-refractivity contribution in [2.24, 2.45) is 5.73 Å². The molecule has 7 nitrogen and oxygen atoms in total. The highest BCUT2D eigenvalue weighted by Gasteiger charge is 2.27. The molecule has 0 saturated carbocycles. The van der Waals surface area contributed by atoms with Crippen LogP contribution >= 0.6 is 11.3 Å². The minimum atomic E-state index is -0.372. The Labute approximate surface area is 134 Å². The summed E-state index contributed by atoms with van der Waals surface area (Å²) in [4.78, 5) is 31.9.